The lowest BCUT2D eigenvalue weighted by Crippen LogP contribution is -2.30. The van der Waals surface area contributed by atoms with Crippen LogP contribution in [0.2, 0.25) is 0 Å². The van der Waals surface area contributed by atoms with Crippen molar-refractivity contribution < 1.29 is 24.2 Å². The van der Waals surface area contributed by atoms with Gasteiger partial charge in [0.25, 0.3) is 0 Å². The number of hydrogen-bond donors (Lipinski definition) is 4. The summed E-state index contributed by atoms with van der Waals surface area (Å²) in [7, 11) is 0. The SMILES string of the molecule is O=C(NCCC(O)C(O)c1cnc2[nH]c(=O)oc2c1)OCC1c2ccccc2-c2ccccc21. The number of aliphatic hydroxyl groups is 2. The maximum absolute atomic E-state index is 12.3. The van der Waals surface area contributed by atoms with Gasteiger partial charge >= 0.3 is 11.8 Å². The Kier molecular flexibility index (Phi) is 5.87. The van der Waals surface area contributed by atoms with Crippen molar-refractivity contribution in [1.29, 1.82) is 0 Å². The molecule has 9 nitrogen and oxygen atoms in total. The molecule has 1 amide bonds. The molecule has 0 spiro atoms. The quantitative estimate of drug-likeness (QED) is 0.332. The van der Waals surface area contributed by atoms with Gasteiger partial charge in [-0.3, -0.25) is 4.98 Å². The number of benzene rings is 2. The third kappa shape index (κ3) is 4.18. The molecule has 2 atom stereocenters. The lowest BCUT2D eigenvalue weighted by Gasteiger charge is -2.18. The summed E-state index contributed by atoms with van der Waals surface area (Å²) in [5, 5.41) is 23.3. The molecule has 0 saturated carbocycles. The standard InChI is InChI=1S/C25H23N3O6/c29-20(22(30)14-11-21-23(27-12-14)28-25(32)34-21)9-10-26-24(31)33-13-19-17-7-3-1-5-15(17)16-6-2-4-8-18(16)19/h1-8,11-12,19-20,22,29-30H,9-10,13H2,(H,26,31)(H,27,28,32). The highest BCUT2D eigenvalue weighted by atomic mass is 16.5. The third-order valence-corrected chi connectivity index (χ3v) is 6.06. The molecule has 1 aliphatic carbocycles. The summed E-state index contributed by atoms with van der Waals surface area (Å²) in [6.45, 7) is 0.294. The second-order valence-corrected chi connectivity index (χ2v) is 8.18. The average Bonchev–Trinajstić information content (AvgIpc) is 3.38. The largest absolute Gasteiger partial charge is 0.449 e. The Balaban J connectivity index is 1.14. The van der Waals surface area contributed by atoms with Crippen molar-refractivity contribution in [2.75, 3.05) is 13.2 Å². The van der Waals surface area contributed by atoms with E-state index in [1.54, 1.807) is 0 Å². The zero-order valence-corrected chi connectivity index (χ0v) is 18.1. The molecule has 2 aromatic carbocycles. The molecule has 2 unspecified atom stereocenters. The number of nitrogens with zero attached hydrogens (tertiary/aromatic N) is 1. The molecule has 4 aromatic rings. The van der Waals surface area contributed by atoms with E-state index in [0.29, 0.717) is 5.56 Å². The molecule has 0 bridgehead atoms. The molecule has 2 aromatic heterocycles. The van der Waals surface area contributed by atoms with Crippen LogP contribution < -0.4 is 11.1 Å². The highest BCUT2D eigenvalue weighted by Gasteiger charge is 2.29. The number of aromatic nitrogens is 2. The monoisotopic (exact) mass is 461 g/mol. The minimum absolute atomic E-state index is 0.0403. The first-order chi connectivity index (χ1) is 16.5. The van der Waals surface area contributed by atoms with E-state index in [2.05, 4.69) is 27.4 Å². The number of rotatable bonds is 7. The number of pyridine rings is 1. The summed E-state index contributed by atoms with van der Waals surface area (Å²) in [4.78, 5) is 29.9. The number of nitrogens with one attached hydrogen (secondary N) is 2. The Labute approximate surface area is 194 Å². The smallest absolute Gasteiger partial charge is 0.418 e. The Morgan fingerprint density at radius 2 is 1.79 bits per heavy atom. The number of fused-ring (bicyclic) bond motifs is 4. The fourth-order valence-electron chi connectivity index (χ4n) is 4.37. The van der Waals surface area contributed by atoms with E-state index in [1.165, 1.54) is 12.3 Å². The zero-order valence-electron chi connectivity index (χ0n) is 18.1. The molecule has 5 rings (SSSR count). The molecule has 0 saturated heterocycles. The van der Waals surface area contributed by atoms with Crippen molar-refractivity contribution in [3.8, 4) is 11.1 Å². The van der Waals surface area contributed by atoms with Crippen LogP contribution in [0.4, 0.5) is 4.79 Å². The molecular weight excluding hydrogens is 438 g/mol. The first-order valence-electron chi connectivity index (χ1n) is 10.9. The Morgan fingerprint density at radius 3 is 2.50 bits per heavy atom. The van der Waals surface area contributed by atoms with Gasteiger partial charge in [-0.2, -0.15) is 0 Å². The molecule has 4 N–H and O–H groups in total. The van der Waals surface area contributed by atoms with Crippen molar-refractivity contribution in [1.82, 2.24) is 15.3 Å². The van der Waals surface area contributed by atoms with Gasteiger partial charge in [0.15, 0.2) is 11.2 Å². The van der Waals surface area contributed by atoms with Crippen molar-refractivity contribution >= 4 is 17.3 Å². The number of aliphatic hydroxyl groups excluding tert-OH is 2. The fraction of sp³-hybridized carbons (Fsp3) is 0.240. The molecule has 34 heavy (non-hydrogen) atoms. The maximum Gasteiger partial charge on any atom is 0.418 e. The van der Waals surface area contributed by atoms with Gasteiger partial charge in [-0.1, -0.05) is 48.5 Å². The molecule has 9 heteroatoms. The van der Waals surface area contributed by atoms with Crippen LogP contribution in [0.25, 0.3) is 22.4 Å². The van der Waals surface area contributed by atoms with Gasteiger partial charge in [-0.05, 0) is 34.7 Å². The van der Waals surface area contributed by atoms with Crippen LogP contribution in [0.5, 0.6) is 0 Å². The van der Waals surface area contributed by atoms with E-state index < -0.39 is 24.1 Å². The summed E-state index contributed by atoms with van der Waals surface area (Å²) in [6.07, 6.45) is -1.60. The van der Waals surface area contributed by atoms with Gasteiger partial charge < -0.3 is 24.7 Å². The zero-order chi connectivity index (χ0) is 23.7. The molecule has 0 fully saturated rings. The number of amides is 1. The van der Waals surface area contributed by atoms with Gasteiger partial charge in [-0.25, -0.2) is 14.6 Å². The first kappa shape index (κ1) is 21.9. The van der Waals surface area contributed by atoms with Crippen LogP contribution in [0, 0.1) is 0 Å². The summed E-state index contributed by atoms with van der Waals surface area (Å²) in [6, 6.07) is 17.6. The second kappa shape index (κ2) is 9.12. The number of H-pyrrole nitrogens is 1. The predicted octanol–water partition coefficient (Wildman–Crippen LogP) is 2.84. The number of oxazole rings is 1. The van der Waals surface area contributed by atoms with Gasteiger partial charge in [0.05, 0.1) is 6.10 Å². The van der Waals surface area contributed by atoms with E-state index >= 15 is 0 Å². The van der Waals surface area contributed by atoms with E-state index in [4.69, 9.17) is 9.15 Å². The summed E-state index contributed by atoms with van der Waals surface area (Å²) >= 11 is 0. The fourth-order valence-corrected chi connectivity index (χ4v) is 4.37. The molecule has 0 aliphatic heterocycles. The maximum atomic E-state index is 12.3. The van der Waals surface area contributed by atoms with E-state index in [9.17, 15) is 19.8 Å². The summed E-state index contributed by atoms with van der Waals surface area (Å²) in [5.41, 5.74) is 5.28. The van der Waals surface area contributed by atoms with Gasteiger partial charge in [0.2, 0.25) is 0 Å². The van der Waals surface area contributed by atoms with Gasteiger partial charge in [0.1, 0.15) is 12.7 Å². The van der Waals surface area contributed by atoms with Crippen LogP contribution in [0.3, 0.4) is 0 Å². The molecule has 0 radical (unpaired) electrons. The number of alkyl carbamates (subject to hydrolysis) is 1. The molecule has 1 aliphatic rings. The van der Waals surface area contributed by atoms with Gasteiger partial charge in [0, 0.05) is 24.2 Å². The van der Waals surface area contributed by atoms with Crippen LogP contribution in [-0.4, -0.2) is 45.5 Å². The third-order valence-electron chi connectivity index (χ3n) is 6.06. The average molecular weight is 461 g/mol. The Hall–Kier alpha value is -3.95. The predicted molar refractivity (Wildman–Crippen MR) is 123 cm³/mol. The number of hydrogen-bond acceptors (Lipinski definition) is 7. The Bertz CT molecular complexity index is 1350. The molecule has 174 valence electrons. The number of carbonyl (C=O) groups is 1. The lowest BCUT2D eigenvalue weighted by molar-refractivity contribution is 0.0135. The van der Waals surface area contributed by atoms with Crippen molar-refractivity contribution in [3.05, 3.63) is 88.0 Å². The van der Waals surface area contributed by atoms with Crippen molar-refractivity contribution in [2.24, 2.45) is 0 Å². The Morgan fingerprint density at radius 1 is 1.12 bits per heavy atom. The van der Waals surface area contributed by atoms with E-state index in [0.717, 1.165) is 22.3 Å². The minimum atomic E-state index is -1.26. The highest BCUT2D eigenvalue weighted by Crippen LogP contribution is 2.44. The van der Waals surface area contributed by atoms with Crippen LogP contribution >= 0.6 is 0 Å². The summed E-state index contributed by atoms with van der Waals surface area (Å²) < 4.78 is 10.4. The van der Waals surface area contributed by atoms with Crippen LogP contribution in [0.15, 0.2) is 70.0 Å². The highest BCUT2D eigenvalue weighted by molar-refractivity contribution is 5.79. The number of aromatic amines is 1. The second-order valence-electron chi connectivity index (χ2n) is 8.18. The topological polar surface area (TPSA) is 138 Å². The van der Waals surface area contributed by atoms with Gasteiger partial charge in [-0.15, -0.1) is 0 Å². The number of ether oxygens (including phenoxy) is 1. The van der Waals surface area contributed by atoms with Crippen molar-refractivity contribution in [2.45, 2.75) is 24.5 Å². The first-order valence-corrected chi connectivity index (χ1v) is 10.9. The lowest BCUT2D eigenvalue weighted by atomic mass is 9.98. The van der Waals surface area contributed by atoms with Crippen LogP contribution in [-0.2, 0) is 4.74 Å². The molecular formula is C25H23N3O6. The number of carbonyl (C=O) groups excluding carboxylic acids is 1. The minimum Gasteiger partial charge on any atom is -0.449 e. The molecule has 2 heterocycles. The van der Waals surface area contributed by atoms with Crippen LogP contribution in [0.1, 0.15) is 35.1 Å². The van der Waals surface area contributed by atoms with Crippen molar-refractivity contribution in [3.63, 3.8) is 0 Å². The van der Waals surface area contributed by atoms with E-state index in [-0.39, 0.29) is 36.7 Å². The summed E-state index contributed by atoms with van der Waals surface area (Å²) in [5.74, 6) is -0.691. The van der Waals surface area contributed by atoms with E-state index in [1.807, 2.05) is 36.4 Å². The normalized spacial score (nSPS) is 14.4.